The third-order valence-electron chi connectivity index (χ3n) is 4.73. The van der Waals surface area contributed by atoms with Gasteiger partial charge in [0.1, 0.15) is 5.76 Å². The van der Waals surface area contributed by atoms with Gasteiger partial charge in [0.2, 0.25) is 0 Å². The lowest BCUT2D eigenvalue weighted by atomic mass is 10.1. The first-order chi connectivity index (χ1) is 13.0. The molecule has 7 heteroatoms. The predicted octanol–water partition coefficient (Wildman–Crippen LogP) is 4.54. The highest BCUT2D eigenvalue weighted by atomic mass is 32.2. The van der Waals surface area contributed by atoms with Crippen LogP contribution in [0.25, 0.3) is 22.3 Å². The van der Waals surface area contributed by atoms with Crippen LogP contribution in [0.3, 0.4) is 0 Å². The van der Waals surface area contributed by atoms with Crippen molar-refractivity contribution in [3.63, 3.8) is 0 Å². The Morgan fingerprint density at radius 2 is 2.00 bits per heavy atom. The fourth-order valence-corrected chi connectivity index (χ4v) is 4.15. The summed E-state index contributed by atoms with van der Waals surface area (Å²) in [5, 5.41) is 9.92. The van der Waals surface area contributed by atoms with Gasteiger partial charge in [-0.05, 0) is 32.9 Å². The summed E-state index contributed by atoms with van der Waals surface area (Å²) < 4.78 is 7.26. The van der Waals surface area contributed by atoms with Crippen LogP contribution in [-0.4, -0.2) is 30.8 Å². The molecule has 4 rings (SSSR count). The summed E-state index contributed by atoms with van der Waals surface area (Å²) >= 11 is 1.41. The number of aromatic nitrogens is 4. The number of ketones is 1. The fraction of sp³-hybridized carbons (Fsp3) is 0.250. The Hall–Kier alpha value is -2.80. The number of hydrogen-bond donors (Lipinski definition) is 1. The average Bonchev–Trinajstić information content (AvgIpc) is 3.31. The number of hydrogen-bond acceptors (Lipinski definition) is 5. The molecule has 138 valence electrons. The first-order valence-corrected chi connectivity index (χ1v) is 9.57. The molecule has 0 fully saturated rings. The van der Waals surface area contributed by atoms with Crippen LogP contribution < -0.4 is 0 Å². The Bertz CT molecular complexity index is 1140. The van der Waals surface area contributed by atoms with Gasteiger partial charge in [0.15, 0.2) is 16.8 Å². The molecule has 0 saturated carbocycles. The van der Waals surface area contributed by atoms with Gasteiger partial charge >= 0.3 is 0 Å². The van der Waals surface area contributed by atoms with E-state index in [2.05, 4.69) is 15.2 Å². The van der Waals surface area contributed by atoms with Crippen LogP contribution in [0.1, 0.15) is 28.7 Å². The molecule has 0 radical (unpaired) electrons. The minimum Gasteiger partial charge on any atom is -0.469 e. The number of furan rings is 1. The van der Waals surface area contributed by atoms with E-state index in [1.54, 1.807) is 6.26 Å². The topological polar surface area (TPSA) is 76.7 Å². The Morgan fingerprint density at radius 3 is 2.74 bits per heavy atom. The second-order valence-corrected chi connectivity index (χ2v) is 7.86. The molecule has 3 aromatic heterocycles. The van der Waals surface area contributed by atoms with E-state index in [0.717, 1.165) is 39.3 Å². The van der Waals surface area contributed by atoms with E-state index in [1.165, 1.54) is 11.8 Å². The molecular weight excluding hydrogens is 360 g/mol. The highest BCUT2D eigenvalue weighted by Crippen LogP contribution is 2.31. The molecule has 4 aromatic rings. The van der Waals surface area contributed by atoms with Gasteiger partial charge in [0.25, 0.3) is 0 Å². The van der Waals surface area contributed by atoms with E-state index in [9.17, 15) is 4.79 Å². The number of Topliss-reactive ketones (excluding diaryl/α,β-unsaturated/α-hetero) is 1. The van der Waals surface area contributed by atoms with E-state index in [1.807, 2.05) is 62.7 Å². The summed E-state index contributed by atoms with van der Waals surface area (Å²) in [4.78, 5) is 16.4. The Kier molecular flexibility index (Phi) is 4.39. The first-order valence-electron chi connectivity index (χ1n) is 8.69. The van der Waals surface area contributed by atoms with Crippen molar-refractivity contribution in [1.82, 2.24) is 19.7 Å². The summed E-state index contributed by atoms with van der Waals surface area (Å²) in [7, 11) is 1.90. The Balaban J connectivity index is 1.62. The lowest BCUT2D eigenvalue weighted by Crippen LogP contribution is -2.15. The van der Waals surface area contributed by atoms with Crippen molar-refractivity contribution in [2.24, 2.45) is 7.05 Å². The van der Waals surface area contributed by atoms with Crippen LogP contribution >= 0.6 is 11.8 Å². The maximum absolute atomic E-state index is 13.1. The smallest absolute Gasteiger partial charge is 0.191 e. The van der Waals surface area contributed by atoms with Gasteiger partial charge in [-0.15, -0.1) is 10.2 Å². The van der Waals surface area contributed by atoms with Crippen LogP contribution in [0.5, 0.6) is 0 Å². The van der Waals surface area contributed by atoms with Gasteiger partial charge in [-0.2, -0.15) is 0 Å². The second kappa shape index (κ2) is 6.74. The maximum atomic E-state index is 13.1. The molecule has 6 nitrogen and oxygen atoms in total. The minimum atomic E-state index is -0.288. The molecule has 0 unspecified atom stereocenters. The number of H-pyrrole nitrogens is 1. The average molecular weight is 380 g/mol. The summed E-state index contributed by atoms with van der Waals surface area (Å²) in [5.41, 5.74) is 3.52. The van der Waals surface area contributed by atoms with Gasteiger partial charge in [-0.25, -0.2) is 0 Å². The van der Waals surface area contributed by atoms with E-state index in [4.69, 9.17) is 4.42 Å². The molecule has 0 aliphatic rings. The molecule has 0 aliphatic carbocycles. The molecule has 1 atom stereocenters. The summed E-state index contributed by atoms with van der Waals surface area (Å²) in [6.45, 7) is 5.74. The van der Waals surface area contributed by atoms with Crippen LogP contribution in [0.2, 0.25) is 0 Å². The van der Waals surface area contributed by atoms with Gasteiger partial charge in [0, 0.05) is 29.2 Å². The zero-order chi connectivity index (χ0) is 19.1. The number of thioether (sulfide) groups is 1. The van der Waals surface area contributed by atoms with Crippen LogP contribution in [0, 0.1) is 13.8 Å². The molecule has 0 spiro atoms. The number of carbonyl (C=O) groups is 1. The lowest BCUT2D eigenvalue weighted by molar-refractivity contribution is 0.0995. The molecule has 0 saturated heterocycles. The largest absolute Gasteiger partial charge is 0.469 e. The number of nitrogens with one attached hydrogen (secondary N) is 1. The molecule has 0 bridgehead atoms. The van der Waals surface area contributed by atoms with Gasteiger partial charge < -0.3 is 14.0 Å². The monoisotopic (exact) mass is 380 g/mol. The van der Waals surface area contributed by atoms with Gasteiger partial charge in [0.05, 0.1) is 17.1 Å². The number of carbonyl (C=O) groups excluding carboxylic acids is 1. The third-order valence-corrected chi connectivity index (χ3v) is 5.86. The van der Waals surface area contributed by atoms with Crippen molar-refractivity contribution in [1.29, 1.82) is 0 Å². The van der Waals surface area contributed by atoms with E-state index in [-0.39, 0.29) is 11.0 Å². The summed E-state index contributed by atoms with van der Waals surface area (Å²) in [5.74, 6) is 1.60. The number of rotatable bonds is 5. The van der Waals surface area contributed by atoms with E-state index < -0.39 is 0 Å². The second-order valence-electron chi connectivity index (χ2n) is 6.55. The number of fused-ring (bicyclic) bond motifs is 1. The summed E-state index contributed by atoms with van der Waals surface area (Å²) in [6.07, 6.45) is 1.64. The Labute approximate surface area is 161 Å². The lowest BCUT2D eigenvalue weighted by Gasteiger charge is -2.10. The quantitative estimate of drug-likeness (QED) is 0.406. The SMILES string of the molecule is Cc1[nH]c2ccccc2c1C(=O)[C@@H](C)Sc1nnc(-c2ccoc2C)n1C. The van der Waals surface area contributed by atoms with Crippen molar-refractivity contribution >= 4 is 28.4 Å². The first kappa shape index (κ1) is 17.6. The molecule has 3 heterocycles. The maximum Gasteiger partial charge on any atom is 0.191 e. The van der Waals surface area contributed by atoms with Crippen LogP contribution in [-0.2, 0) is 7.05 Å². The normalized spacial score (nSPS) is 12.6. The Morgan fingerprint density at radius 1 is 1.22 bits per heavy atom. The van der Waals surface area contributed by atoms with Crippen LogP contribution in [0.15, 0.2) is 46.2 Å². The molecule has 0 amide bonds. The van der Waals surface area contributed by atoms with Gasteiger partial charge in [-0.1, -0.05) is 30.0 Å². The van der Waals surface area contributed by atoms with Crippen molar-refractivity contribution < 1.29 is 9.21 Å². The molecule has 0 aliphatic heterocycles. The number of benzene rings is 1. The van der Waals surface area contributed by atoms with Crippen molar-refractivity contribution in [3.05, 3.63) is 53.6 Å². The molecule has 27 heavy (non-hydrogen) atoms. The van der Waals surface area contributed by atoms with E-state index in [0.29, 0.717) is 5.16 Å². The van der Waals surface area contributed by atoms with E-state index >= 15 is 0 Å². The zero-order valence-corrected chi connectivity index (χ0v) is 16.4. The minimum absolute atomic E-state index is 0.0824. The number of aryl methyl sites for hydroxylation is 2. The molecular formula is C20H20N4O2S. The zero-order valence-electron chi connectivity index (χ0n) is 15.6. The number of para-hydroxylation sites is 1. The summed E-state index contributed by atoms with van der Waals surface area (Å²) in [6, 6.07) is 9.75. The van der Waals surface area contributed by atoms with Crippen LogP contribution in [0.4, 0.5) is 0 Å². The highest BCUT2D eigenvalue weighted by Gasteiger charge is 2.25. The fourth-order valence-electron chi connectivity index (χ4n) is 3.28. The number of aromatic amines is 1. The van der Waals surface area contributed by atoms with Crippen molar-refractivity contribution in [2.45, 2.75) is 31.2 Å². The predicted molar refractivity (Wildman–Crippen MR) is 106 cm³/mol. The number of nitrogens with zero attached hydrogens (tertiary/aromatic N) is 3. The third kappa shape index (κ3) is 2.98. The molecule has 1 aromatic carbocycles. The van der Waals surface area contributed by atoms with Crippen molar-refractivity contribution in [2.75, 3.05) is 0 Å². The highest BCUT2D eigenvalue weighted by molar-refractivity contribution is 8.00. The standard InChI is InChI=1S/C20H20N4O2S/c1-11-17(15-7-5-6-8-16(15)21-11)18(25)13(3)27-20-23-22-19(24(20)4)14-9-10-26-12(14)2/h5-10,13,21H,1-4H3/t13-/m1/s1. The van der Waals surface area contributed by atoms with Crippen molar-refractivity contribution in [3.8, 4) is 11.4 Å². The molecule has 1 N–H and O–H groups in total. The van der Waals surface area contributed by atoms with Gasteiger partial charge in [-0.3, -0.25) is 4.79 Å².